The number of hydrogen-bond acceptors (Lipinski definition) is 5. The minimum absolute atomic E-state index is 0.0580. The molecule has 9 heteroatoms. The van der Waals surface area contributed by atoms with Gasteiger partial charge in [-0.25, -0.2) is 0 Å². The van der Waals surface area contributed by atoms with Gasteiger partial charge in [-0.2, -0.15) is 0 Å². The second-order valence-electron chi connectivity index (χ2n) is 8.19. The standard InChI is InChI=1S/C27H28N4O4S/c1-18(2)24(32)28-22-12-8-21(9-13-22)26(34)30-31-27(36)29-25(33)20-10-14-23(15-11-20)35-17-16-19-6-4-3-5-7-19/h3-15,18H,16-17H2,1-2H3,(H,28,32)(H,30,34)(H2,29,31,33,36). The Morgan fingerprint density at radius 2 is 1.42 bits per heavy atom. The van der Waals surface area contributed by atoms with Gasteiger partial charge in [-0.1, -0.05) is 44.2 Å². The molecule has 3 rings (SSSR count). The number of hydrogen-bond donors (Lipinski definition) is 4. The molecule has 186 valence electrons. The van der Waals surface area contributed by atoms with Crippen molar-refractivity contribution in [3.05, 3.63) is 95.6 Å². The molecular formula is C27H28N4O4S. The van der Waals surface area contributed by atoms with Crippen molar-refractivity contribution in [3.63, 3.8) is 0 Å². The van der Waals surface area contributed by atoms with E-state index >= 15 is 0 Å². The number of nitrogens with one attached hydrogen (secondary N) is 4. The molecule has 4 N–H and O–H groups in total. The Kier molecular flexibility index (Phi) is 9.53. The fourth-order valence-corrected chi connectivity index (χ4v) is 3.16. The summed E-state index contributed by atoms with van der Waals surface area (Å²) < 4.78 is 5.73. The fraction of sp³-hybridized carbons (Fsp3) is 0.185. The Bertz CT molecular complexity index is 1200. The van der Waals surface area contributed by atoms with Gasteiger partial charge in [0, 0.05) is 29.2 Å². The average Bonchev–Trinajstić information content (AvgIpc) is 2.88. The van der Waals surface area contributed by atoms with Crippen LogP contribution in [0.25, 0.3) is 0 Å². The molecule has 0 aliphatic heterocycles. The molecule has 3 amide bonds. The van der Waals surface area contributed by atoms with Crippen LogP contribution in [0.15, 0.2) is 78.9 Å². The molecule has 3 aromatic carbocycles. The zero-order valence-corrected chi connectivity index (χ0v) is 20.9. The Hall–Kier alpha value is -4.24. The summed E-state index contributed by atoms with van der Waals surface area (Å²) in [7, 11) is 0. The maximum atomic E-state index is 12.4. The van der Waals surface area contributed by atoms with Crippen molar-refractivity contribution < 1.29 is 19.1 Å². The molecule has 0 aliphatic rings. The summed E-state index contributed by atoms with van der Waals surface area (Å²) in [5.41, 5.74) is 7.45. The lowest BCUT2D eigenvalue weighted by Gasteiger charge is -2.12. The molecule has 0 bridgehead atoms. The predicted octanol–water partition coefficient (Wildman–Crippen LogP) is 3.85. The Morgan fingerprint density at radius 1 is 0.806 bits per heavy atom. The zero-order chi connectivity index (χ0) is 25.9. The maximum Gasteiger partial charge on any atom is 0.269 e. The van der Waals surface area contributed by atoms with E-state index in [0.29, 0.717) is 29.2 Å². The van der Waals surface area contributed by atoms with Crippen LogP contribution in [0.4, 0.5) is 5.69 Å². The van der Waals surface area contributed by atoms with Crippen LogP contribution in [0.2, 0.25) is 0 Å². The van der Waals surface area contributed by atoms with Crippen LogP contribution in [0, 0.1) is 5.92 Å². The molecule has 0 fully saturated rings. The number of anilines is 1. The number of ether oxygens (including phenoxy) is 1. The summed E-state index contributed by atoms with van der Waals surface area (Å²) in [6.45, 7) is 4.11. The lowest BCUT2D eigenvalue weighted by atomic mass is 10.1. The van der Waals surface area contributed by atoms with Crippen molar-refractivity contribution in [2.45, 2.75) is 20.3 Å². The third kappa shape index (κ3) is 8.21. The molecule has 0 aliphatic carbocycles. The summed E-state index contributed by atoms with van der Waals surface area (Å²) in [4.78, 5) is 36.5. The summed E-state index contributed by atoms with van der Waals surface area (Å²) in [5, 5.41) is 5.20. The normalized spacial score (nSPS) is 10.3. The van der Waals surface area contributed by atoms with Gasteiger partial charge in [-0.05, 0) is 66.3 Å². The van der Waals surface area contributed by atoms with Crippen LogP contribution in [-0.4, -0.2) is 29.4 Å². The van der Waals surface area contributed by atoms with E-state index in [1.807, 2.05) is 30.3 Å². The van der Waals surface area contributed by atoms with E-state index in [-0.39, 0.29) is 16.9 Å². The van der Waals surface area contributed by atoms with Crippen LogP contribution >= 0.6 is 12.2 Å². The minimum Gasteiger partial charge on any atom is -0.493 e. The second-order valence-corrected chi connectivity index (χ2v) is 8.60. The van der Waals surface area contributed by atoms with Crippen molar-refractivity contribution in [2.24, 2.45) is 5.92 Å². The van der Waals surface area contributed by atoms with Gasteiger partial charge >= 0.3 is 0 Å². The van der Waals surface area contributed by atoms with Gasteiger partial charge in [-0.15, -0.1) is 0 Å². The first-order valence-corrected chi connectivity index (χ1v) is 11.8. The molecule has 0 atom stereocenters. The van der Waals surface area contributed by atoms with E-state index in [2.05, 4.69) is 21.5 Å². The minimum atomic E-state index is -0.453. The highest BCUT2D eigenvalue weighted by Crippen LogP contribution is 2.13. The van der Waals surface area contributed by atoms with Crippen LogP contribution in [0.1, 0.15) is 40.1 Å². The number of thiocarbonyl (C=S) groups is 1. The molecule has 0 saturated heterocycles. The van der Waals surface area contributed by atoms with Crippen molar-refractivity contribution in [2.75, 3.05) is 11.9 Å². The van der Waals surface area contributed by atoms with E-state index in [9.17, 15) is 14.4 Å². The number of rotatable bonds is 8. The Balaban J connectivity index is 1.41. The maximum absolute atomic E-state index is 12.4. The predicted molar refractivity (Wildman–Crippen MR) is 143 cm³/mol. The first-order valence-electron chi connectivity index (χ1n) is 11.4. The lowest BCUT2D eigenvalue weighted by molar-refractivity contribution is -0.118. The Morgan fingerprint density at radius 3 is 2.06 bits per heavy atom. The van der Waals surface area contributed by atoms with Crippen LogP contribution in [0.3, 0.4) is 0 Å². The number of carbonyl (C=O) groups is 3. The third-order valence-electron chi connectivity index (χ3n) is 5.07. The van der Waals surface area contributed by atoms with Crippen molar-refractivity contribution in [1.29, 1.82) is 0 Å². The van der Waals surface area contributed by atoms with Crippen molar-refractivity contribution in [3.8, 4) is 5.75 Å². The van der Waals surface area contributed by atoms with Gasteiger partial charge in [0.1, 0.15) is 5.75 Å². The molecule has 8 nitrogen and oxygen atoms in total. The number of hydrazine groups is 1. The number of benzene rings is 3. The molecule has 36 heavy (non-hydrogen) atoms. The molecular weight excluding hydrogens is 476 g/mol. The van der Waals surface area contributed by atoms with Gasteiger partial charge in [0.2, 0.25) is 5.91 Å². The third-order valence-corrected chi connectivity index (χ3v) is 5.28. The quantitative estimate of drug-likeness (QED) is 0.274. The van der Waals surface area contributed by atoms with E-state index in [0.717, 1.165) is 6.42 Å². The van der Waals surface area contributed by atoms with Crippen molar-refractivity contribution in [1.82, 2.24) is 16.2 Å². The molecule has 0 saturated carbocycles. The SMILES string of the molecule is CC(C)C(=O)Nc1ccc(C(=O)NNC(=S)NC(=O)c2ccc(OCCc3ccccc3)cc2)cc1. The highest BCUT2D eigenvalue weighted by atomic mass is 32.1. The van der Waals surface area contributed by atoms with Gasteiger partial charge in [0.15, 0.2) is 5.11 Å². The van der Waals surface area contributed by atoms with Crippen molar-refractivity contribution >= 4 is 40.7 Å². The Labute approximate surface area is 215 Å². The number of carbonyl (C=O) groups excluding carboxylic acids is 3. The highest BCUT2D eigenvalue weighted by molar-refractivity contribution is 7.80. The first-order chi connectivity index (χ1) is 17.3. The first kappa shape index (κ1) is 26.4. The monoisotopic (exact) mass is 504 g/mol. The molecule has 0 heterocycles. The molecule has 0 radical (unpaired) electrons. The smallest absolute Gasteiger partial charge is 0.269 e. The molecule has 3 aromatic rings. The number of amides is 3. The highest BCUT2D eigenvalue weighted by Gasteiger charge is 2.11. The van der Waals surface area contributed by atoms with Crippen LogP contribution in [0.5, 0.6) is 5.75 Å². The van der Waals surface area contributed by atoms with E-state index < -0.39 is 11.8 Å². The molecule has 0 spiro atoms. The van der Waals surface area contributed by atoms with Gasteiger partial charge in [0.25, 0.3) is 11.8 Å². The fourth-order valence-electron chi connectivity index (χ4n) is 3.02. The second kappa shape index (κ2) is 13.0. The van der Waals surface area contributed by atoms with E-state index in [1.165, 1.54) is 5.56 Å². The lowest BCUT2D eigenvalue weighted by Crippen LogP contribution is -2.48. The van der Waals surface area contributed by atoms with Crippen LogP contribution < -0.4 is 26.2 Å². The topological polar surface area (TPSA) is 109 Å². The summed E-state index contributed by atoms with van der Waals surface area (Å²) in [6.07, 6.45) is 0.785. The van der Waals surface area contributed by atoms with E-state index in [4.69, 9.17) is 17.0 Å². The largest absolute Gasteiger partial charge is 0.493 e. The molecule has 0 aromatic heterocycles. The summed E-state index contributed by atoms with van der Waals surface area (Å²) >= 11 is 5.09. The average molecular weight is 505 g/mol. The van der Waals surface area contributed by atoms with Crippen LogP contribution in [-0.2, 0) is 11.2 Å². The van der Waals surface area contributed by atoms with Gasteiger partial charge < -0.3 is 10.1 Å². The summed E-state index contributed by atoms with van der Waals surface area (Å²) in [5.74, 6) is -0.483. The van der Waals surface area contributed by atoms with E-state index in [1.54, 1.807) is 62.4 Å². The summed E-state index contributed by atoms with van der Waals surface area (Å²) in [6, 6.07) is 23.1. The van der Waals surface area contributed by atoms with Gasteiger partial charge in [-0.3, -0.25) is 30.6 Å². The zero-order valence-electron chi connectivity index (χ0n) is 20.0. The van der Waals surface area contributed by atoms with Gasteiger partial charge in [0.05, 0.1) is 6.61 Å². The molecule has 0 unspecified atom stereocenters.